The fraction of sp³-hybridized carbons (Fsp3) is 0.102. The zero-order valence-corrected chi connectivity index (χ0v) is 43.9. The second kappa shape index (κ2) is 24.7. The van der Waals surface area contributed by atoms with E-state index < -0.39 is 23.7 Å². The van der Waals surface area contributed by atoms with E-state index in [-0.39, 0.29) is 16.8 Å². The van der Waals surface area contributed by atoms with E-state index in [1.807, 2.05) is 114 Å². The first-order valence-corrected chi connectivity index (χ1v) is 24.4. The van der Waals surface area contributed by atoms with Crippen LogP contribution >= 0.6 is 0 Å². The number of halogens is 1. The normalized spacial score (nSPS) is 11.5. The second-order valence-electron chi connectivity index (χ2n) is 18.3. The Balaban J connectivity index is 0.000000157. The Morgan fingerprint density at radius 1 is 0.443 bits per heavy atom. The summed E-state index contributed by atoms with van der Waals surface area (Å²) in [5, 5.41) is 20.7. The first-order chi connectivity index (χ1) is 37.9. The molecule has 0 fully saturated rings. The van der Waals surface area contributed by atoms with Crippen LogP contribution in [0.1, 0.15) is 50.2 Å². The third kappa shape index (κ3) is 14.6. The van der Waals surface area contributed by atoms with Gasteiger partial charge in [0, 0.05) is 53.2 Å². The molecule has 394 valence electrons. The van der Waals surface area contributed by atoms with Crippen molar-refractivity contribution < 1.29 is 18.8 Å². The van der Waals surface area contributed by atoms with Gasteiger partial charge in [-0.15, -0.1) is 15.3 Å². The molecule has 20 heteroatoms. The molecule has 0 aliphatic carbocycles. The predicted molar refractivity (Wildman–Crippen MR) is 301 cm³/mol. The van der Waals surface area contributed by atoms with Gasteiger partial charge in [-0.1, -0.05) is 88.0 Å². The van der Waals surface area contributed by atoms with E-state index in [1.54, 1.807) is 31.0 Å². The smallest absolute Gasteiger partial charge is 0.252 e. The quantitative estimate of drug-likeness (QED) is 0.0722. The maximum absolute atomic E-state index is 13.3. The average molecular weight is 1050 g/mol. The lowest BCUT2D eigenvalue weighted by Gasteiger charge is -2.06. The summed E-state index contributed by atoms with van der Waals surface area (Å²) in [7, 11) is 0. The molecule has 0 saturated heterocycles. The molecule has 0 aliphatic heterocycles. The molecule has 6 aromatic heterocycles. The molecule has 3 amide bonds. The Morgan fingerprint density at radius 2 is 0.886 bits per heavy atom. The highest BCUT2D eigenvalue weighted by Crippen LogP contribution is 2.25. The lowest BCUT2D eigenvalue weighted by Crippen LogP contribution is -2.15. The zero-order valence-electron chi connectivity index (χ0n) is 43.9. The summed E-state index contributed by atoms with van der Waals surface area (Å²) in [6.45, 7) is 12.1. The number of amides is 3. The van der Waals surface area contributed by atoms with Crippen molar-refractivity contribution in [3.8, 4) is 45.3 Å². The number of carbonyl (C=O) groups excluding carboxylic acids is 3. The summed E-state index contributed by atoms with van der Waals surface area (Å²) in [5.41, 5.74) is 30.1. The molecule has 0 bridgehead atoms. The minimum Gasteiger partial charge on any atom is -0.366 e. The highest BCUT2D eigenvalue weighted by Gasteiger charge is 2.15. The number of rotatable bonds is 13. The Labute approximate surface area is 453 Å². The van der Waals surface area contributed by atoms with Gasteiger partial charge in [-0.3, -0.25) is 19.4 Å². The second-order valence-corrected chi connectivity index (χ2v) is 18.3. The summed E-state index contributed by atoms with van der Waals surface area (Å²) in [4.78, 5) is 56.3. The average Bonchev–Trinajstić information content (AvgIpc) is 4.25. The summed E-state index contributed by atoms with van der Waals surface area (Å²) in [5.74, 6) is -0.859. The lowest BCUT2D eigenvalue weighted by atomic mass is 10.0. The molecule has 0 spiro atoms. The summed E-state index contributed by atoms with van der Waals surface area (Å²) < 4.78 is 17.6. The third-order valence-corrected chi connectivity index (χ3v) is 11.6. The van der Waals surface area contributed by atoms with Gasteiger partial charge in [0.15, 0.2) is 17.5 Å². The van der Waals surface area contributed by atoms with Gasteiger partial charge in [0.05, 0.1) is 34.8 Å². The van der Waals surface area contributed by atoms with Crippen molar-refractivity contribution in [2.24, 2.45) is 17.2 Å². The highest BCUT2D eigenvalue weighted by molar-refractivity contribution is 6.23. The number of aryl methyl sites for hydroxylation is 6. The van der Waals surface area contributed by atoms with Crippen LogP contribution < -0.4 is 17.2 Å². The zero-order chi connectivity index (χ0) is 56.2. The van der Waals surface area contributed by atoms with Gasteiger partial charge < -0.3 is 17.2 Å². The Morgan fingerprint density at radius 3 is 1.28 bits per heavy atom. The van der Waals surface area contributed by atoms with Crippen LogP contribution in [0.4, 0.5) is 4.39 Å². The van der Waals surface area contributed by atoms with Gasteiger partial charge in [-0.05, 0) is 119 Å². The molecule has 10 rings (SSSR count). The van der Waals surface area contributed by atoms with Crippen LogP contribution in [0, 0.1) is 47.5 Å². The van der Waals surface area contributed by atoms with Gasteiger partial charge in [0.2, 0.25) is 5.95 Å². The summed E-state index contributed by atoms with van der Waals surface area (Å²) >= 11 is 0. The maximum atomic E-state index is 13.3. The number of aromatic nitrogens is 13. The number of nitrogens with two attached hydrogens (primary N) is 3. The van der Waals surface area contributed by atoms with E-state index in [1.165, 1.54) is 69.7 Å². The predicted octanol–water partition coefficient (Wildman–Crippen LogP) is 8.52. The number of pyridine rings is 2. The van der Waals surface area contributed by atoms with Crippen molar-refractivity contribution >= 4 is 53.0 Å². The van der Waals surface area contributed by atoms with Crippen molar-refractivity contribution in [3.05, 3.63) is 215 Å². The van der Waals surface area contributed by atoms with E-state index in [0.717, 1.165) is 61.2 Å². The van der Waals surface area contributed by atoms with Crippen LogP contribution in [0.5, 0.6) is 0 Å². The number of hydrogen-bond acceptors (Lipinski definition) is 13. The topological polar surface area (TPSA) is 273 Å². The van der Waals surface area contributed by atoms with E-state index in [9.17, 15) is 18.8 Å². The van der Waals surface area contributed by atoms with Gasteiger partial charge >= 0.3 is 0 Å². The molecule has 10 aromatic rings. The molecule has 19 nitrogen and oxygen atoms in total. The summed E-state index contributed by atoms with van der Waals surface area (Å²) in [6.07, 6.45) is 15.6. The number of primary amides is 3. The minimum absolute atomic E-state index is 0.0383. The van der Waals surface area contributed by atoms with Gasteiger partial charge in [-0.2, -0.15) is 14.6 Å². The lowest BCUT2D eigenvalue weighted by molar-refractivity contribution is -0.113. The van der Waals surface area contributed by atoms with Crippen LogP contribution in [0.2, 0.25) is 0 Å². The minimum atomic E-state index is -0.735. The van der Waals surface area contributed by atoms with Gasteiger partial charge in [0.1, 0.15) is 19.0 Å². The number of carbonyl (C=O) groups is 3. The van der Waals surface area contributed by atoms with E-state index in [4.69, 9.17) is 17.2 Å². The fourth-order valence-electron chi connectivity index (χ4n) is 8.32. The van der Waals surface area contributed by atoms with Crippen molar-refractivity contribution in [2.75, 3.05) is 0 Å². The van der Waals surface area contributed by atoms with Crippen LogP contribution in [0.25, 0.3) is 80.6 Å². The molecule has 6 N–H and O–H groups in total. The van der Waals surface area contributed by atoms with Crippen molar-refractivity contribution in [3.63, 3.8) is 0 Å². The van der Waals surface area contributed by atoms with Crippen LogP contribution in [-0.2, 0) is 14.4 Å². The Kier molecular flexibility index (Phi) is 17.1. The highest BCUT2D eigenvalue weighted by atomic mass is 19.1. The molecule has 0 saturated carbocycles. The van der Waals surface area contributed by atoms with E-state index >= 15 is 0 Å². The monoisotopic (exact) mass is 1050 g/mol. The first kappa shape index (κ1) is 54.5. The third-order valence-electron chi connectivity index (χ3n) is 11.6. The van der Waals surface area contributed by atoms with Gasteiger partial charge in [-0.25, -0.2) is 34.0 Å². The fourth-order valence-corrected chi connectivity index (χ4v) is 8.32. The first-order valence-electron chi connectivity index (χ1n) is 24.4. The molecule has 6 heterocycles. The molecule has 0 unspecified atom stereocenters. The van der Waals surface area contributed by atoms with Crippen LogP contribution in [0.3, 0.4) is 0 Å². The van der Waals surface area contributed by atoms with E-state index in [2.05, 4.69) is 68.6 Å². The number of benzene rings is 4. The summed E-state index contributed by atoms with van der Waals surface area (Å²) in [6, 6.07) is 35.5. The Hall–Kier alpha value is -10.8. The molecule has 0 aliphatic rings. The maximum Gasteiger partial charge on any atom is 0.252 e. The van der Waals surface area contributed by atoms with Crippen molar-refractivity contribution in [2.45, 2.75) is 41.5 Å². The molecule has 0 atom stereocenters. The van der Waals surface area contributed by atoms with Crippen LogP contribution in [0.15, 0.2) is 159 Å². The van der Waals surface area contributed by atoms with Crippen LogP contribution in [-0.4, -0.2) is 82.2 Å². The van der Waals surface area contributed by atoms with Crippen molar-refractivity contribution in [1.82, 2.24) is 64.5 Å². The number of nitrogens with zero attached hydrogens (tertiary/aromatic N) is 13. The molecule has 0 radical (unpaired) electrons. The van der Waals surface area contributed by atoms with Gasteiger partial charge in [0.25, 0.3) is 17.7 Å². The van der Waals surface area contributed by atoms with E-state index in [0.29, 0.717) is 34.2 Å². The Bertz CT molecular complexity index is 3860. The standard InChI is InChI=1S/C24H21N5O.C18H16FN5O.C17H16N6O/c1-16-10-17(2)12-21(11-16)24-27-15-29(28-24)14-22(23(25)30)19-7-5-18(6-8-19)20-4-3-9-26-13-20;1-11-6-12(2)8-13(7-11)18-21-10-24(23-18)9-14(17(20)25)15-4-3-5-16(19)22-15;1-11-5-12(2)7-14(6-11)17-19-10-23(22-17)9-15(16(18)24)13-3-4-20-21-8-13/h3-15H,1-2H3,(H2,25,30);3-10H,1-2H3,(H2,20,25);3-10H,1-2H3,(H2,18,24)/b22-14+;14-9+;15-9+. The molecular formula is C59H53FN16O3. The molecule has 4 aromatic carbocycles. The SMILES string of the molecule is Cc1cc(C)cc(-c2ncn(/C=C(/C(N)=O)c3ccc(-c4cccnc4)cc3)n2)c1.Cc1cc(C)cc(-c2ncn(/C=C(/C(N)=O)c3cccc(F)n3)n2)c1.Cc1cc(C)cc(-c2ncn(/C=C(/C(N)=O)c3ccnnc3)n2)c1. The van der Waals surface area contributed by atoms with Crippen molar-refractivity contribution in [1.29, 1.82) is 0 Å². The largest absolute Gasteiger partial charge is 0.366 e. The number of hydrogen-bond donors (Lipinski definition) is 3. The molecular weight excluding hydrogens is 1000 g/mol. The molecule has 79 heavy (non-hydrogen) atoms.